The zero-order valence-electron chi connectivity index (χ0n) is 10.2. The van der Waals surface area contributed by atoms with Gasteiger partial charge >= 0.3 is 5.97 Å². The summed E-state index contributed by atoms with van der Waals surface area (Å²) in [6, 6.07) is 0. The van der Waals surface area contributed by atoms with Gasteiger partial charge in [0.1, 0.15) is 6.10 Å². The molecule has 0 aliphatic carbocycles. The molecule has 0 bridgehead atoms. The molecule has 1 unspecified atom stereocenters. The molecule has 96 valence electrons. The third-order valence-corrected chi connectivity index (χ3v) is 2.18. The van der Waals surface area contributed by atoms with Gasteiger partial charge in [0.05, 0.1) is 5.57 Å². The van der Waals surface area contributed by atoms with Crippen molar-refractivity contribution in [3.05, 3.63) is 36.0 Å². The van der Waals surface area contributed by atoms with Gasteiger partial charge in [0, 0.05) is 14.2 Å². The molecule has 17 heavy (non-hydrogen) atoms. The number of allylic oxidation sites excluding steroid dienone is 3. The van der Waals surface area contributed by atoms with Crippen LogP contribution in [0.3, 0.4) is 0 Å². The molecule has 0 rings (SSSR count). The fraction of sp³-hybridized carbons (Fsp3) is 0.417. The Hall–Kier alpha value is -1.43. The Morgan fingerprint density at radius 3 is 2.18 bits per heavy atom. The number of hydrogen-bond donors (Lipinski definition) is 2. The molecular formula is C12H18O5. The summed E-state index contributed by atoms with van der Waals surface area (Å²) in [4.78, 5) is 11.0. The predicted octanol–water partition coefficient (Wildman–Crippen LogP) is 1.11. The van der Waals surface area contributed by atoms with Gasteiger partial charge in [-0.05, 0) is 18.6 Å². The molecule has 2 N–H and O–H groups in total. The molecular weight excluding hydrogens is 224 g/mol. The molecule has 0 aromatic heterocycles. The second-order valence-corrected chi connectivity index (χ2v) is 3.15. The van der Waals surface area contributed by atoms with Crippen molar-refractivity contribution in [2.45, 2.75) is 19.3 Å². The number of hydrogen-bond acceptors (Lipinski definition) is 4. The van der Waals surface area contributed by atoms with Crippen LogP contribution in [0.4, 0.5) is 0 Å². The molecule has 0 saturated carbocycles. The fourth-order valence-corrected chi connectivity index (χ4v) is 1.40. The first-order valence-corrected chi connectivity index (χ1v) is 4.99. The van der Waals surface area contributed by atoms with Crippen molar-refractivity contribution < 1.29 is 24.5 Å². The van der Waals surface area contributed by atoms with Crippen molar-refractivity contribution in [1.82, 2.24) is 0 Å². The van der Waals surface area contributed by atoms with Crippen LogP contribution < -0.4 is 0 Å². The third-order valence-electron chi connectivity index (χ3n) is 2.18. The van der Waals surface area contributed by atoms with Gasteiger partial charge in [-0.2, -0.15) is 0 Å². The van der Waals surface area contributed by atoms with Crippen molar-refractivity contribution in [2.75, 3.05) is 14.2 Å². The van der Waals surface area contributed by atoms with E-state index in [2.05, 4.69) is 6.58 Å². The Morgan fingerprint density at radius 1 is 1.35 bits per heavy atom. The molecule has 0 spiro atoms. The first-order valence-electron chi connectivity index (χ1n) is 4.99. The van der Waals surface area contributed by atoms with Gasteiger partial charge < -0.3 is 19.7 Å². The normalized spacial score (nSPS) is 14.9. The van der Waals surface area contributed by atoms with E-state index in [0.717, 1.165) is 0 Å². The number of carbonyl (C=O) groups is 1. The van der Waals surface area contributed by atoms with Crippen LogP contribution in [0.2, 0.25) is 0 Å². The van der Waals surface area contributed by atoms with E-state index in [1.807, 2.05) is 0 Å². The zero-order valence-corrected chi connectivity index (χ0v) is 10.2. The third kappa shape index (κ3) is 4.14. The SMILES string of the molecule is C=C/C=C(C(=O)O)\C(=C/C)C(O)C(OC)OC. The van der Waals surface area contributed by atoms with Crippen LogP contribution in [0.15, 0.2) is 36.0 Å². The summed E-state index contributed by atoms with van der Waals surface area (Å²) in [5, 5.41) is 19.0. The summed E-state index contributed by atoms with van der Waals surface area (Å²) in [5.74, 6) is -1.15. The first-order chi connectivity index (χ1) is 8.03. The van der Waals surface area contributed by atoms with Gasteiger partial charge in [0.15, 0.2) is 6.29 Å². The topological polar surface area (TPSA) is 76.0 Å². The number of aliphatic carboxylic acids is 1. The average Bonchev–Trinajstić information content (AvgIpc) is 2.30. The predicted molar refractivity (Wildman–Crippen MR) is 63.5 cm³/mol. The number of carboxylic acids is 1. The summed E-state index contributed by atoms with van der Waals surface area (Å²) >= 11 is 0. The lowest BCUT2D eigenvalue weighted by atomic mass is 9.99. The lowest BCUT2D eigenvalue weighted by molar-refractivity contribution is -0.153. The Kier molecular flexibility index (Phi) is 7.13. The number of ether oxygens (including phenoxy) is 2. The van der Waals surface area contributed by atoms with Crippen LogP contribution >= 0.6 is 0 Å². The van der Waals surface area contributed by atoms with E-state index < -0.39 is 18.4 Å². The summed E-state index contributed by atoms with van der Waals surface area (Å²) in [6.07, 6.45) is 2.04. The van der Waals surface area contributed by atoms with E-state index in [4.69, 9.17) is 14.6 Å². The van der Waals surface area contributed by atoms with Gasteiger partial charge in [0.25, 0.3) is 0 Å². The van der Waals surface area contributed by atoms with Crippen LogP contribution in [0, 0.1) is 0 Å². The maximum Gasteiger partial charge on any atom is 0.336 e. The van der Waals surface area contributed by atoms with E-state index in [1.165, 1.54) is 32.4 Å². The summed E-state index contributed by atoms with van der Waals surface area (Å²) in [5.41, 5.74) is 0.167. The number of rotatable bonds is 7. The molecule has 1 atom stereocenters. The quantitative estimate of drug-likeness (QED) is 0.397. The van der Waals surface area contributed by atoms with Crippen LogP contribution in [-0.2, 0) is 14.3 Å². The minimum atomic E-state index is -1.18. The highest BCUT2D eigenvalue weighted by Crippen LogP contribution is 2.19. The van der Waals surface area contributed by atoms with Crippen LogP contribution in [-0.4, -0.2) is 42.8 Å². The number of methoxy groups -OCH3 is 2. The molecule has 0 amide bonds. The van der Waals surface area contributed by atoms with Crippen molar-refractivity contribution in [3.8, 4) is 0 Å². The highest BCUT2D eigenvalue weighted by Gasteiger charge is 2.26. The Labute approximate surface area is 101 Å². The zero-order chi connectivity index (χ0) is 13.4. The summed E-state index contributed by atoms with van der Waals surface area (Å²) < 4.78 is 9.79. The smallest absolute Gasteiger partial charge is 0.336 e. The lowest BCUT2D eigenvalue weighted by Crippen LogP contribution is -2.33. The molecule has 0 aromatic carbocycles. The number of aliphatic hydroxyl groups excluding tert-OH is 1. The Bertz CT molecular complexity index is 326. The Balaban J connectivity index is 5.26. The second-order valence-electron chi connectivity index (χ2n) is 3.15. The van der Waals surface area contributed by atoms with E-state index in [0.29, 0.717) is 0 Å². The van der Waals surface area contributed by atoms with Crippen LogP contribution in [0.5, 0.6) is 0 Å². The van der Waals surface area contributed by atoms with Gasteiger partial charge in [-0.3, -0.25) is 0 Å². The average molecular weight is 242 g/mol. The van der Waals surface area contributed by atoms with E-state index in [-0.39, 0.29) is 11.1 Å². The lowest BCUT2D eigenvalue weighted by Gasteiger charge is -2.22. The van der Waals surface area contributed by atoms with Crippen molar-refractivity contribution in [1.29, 1.82) is 0 Å². The highest BCUT2D eigenvalue weighted by atomic mass is 16.7. The minimum absolute atomic E-state index is 0.0471. The summed E-state index contributed by atoms with van der Waals surface area (Å²) in [6.45, 7) is 5.06. The maximum atomic E-state index is 11.0. The van der Waals surface area contributed by atoms with Crippen LogP contribution in [0.1, 0.15) is 6.92 Å². The molecule has 0 fully saturated rings. The molecule has 5 heteroatoms. The molecule has 5 nitrogen and oxygen atoms in total. The second kappa shape index (κ2) is 7.78. The van der Waals surface area contributed by atoms with E-state index >= 15 is 0 Å². The van der Waals surface area contributed by atoms with Crippen molar-refractivity contribution in [2.24, 2.45) is 0 Å². The van der Waals surface area contributed by atoms with Gasteiger partial charge in [0.2, 0.25) is 0 Å². The van der Waals surface area contributed by atoms with Crippen molar-refractivity contribution >= 4 is 5.97 Å². The first kappa shape index (κ1) is 15.6. The monoisotopic (exact) mass is 242 g/mol. The van der Waals surface area contributed by atoms with Crippen molar-refractivity contribution in [3.63, 3.8) is 0 Å². The molecule has 0 aliphatic heterocycles. The highest BCUT2D eigenvalue weighted by molar-refractivity contribution is 5.92. The van der Waals surface area contributed by atoms with Gasteiger partial charge in [-0.15, -0.1) is 0 Å². The van der Waals surface area contributed by atoms with Gasteiger partial charge in [-0.25, -0.2) is 4.79 Å². The number of aliphatic hydroxyl groups is 1. The standard InChI is InChI=1S/C12H18O5/c1-5-7-9(11(14)15)8(6-2)10(13)12(16-3)17-4/h5-7,10,12-13H,1H2,2-4H3,(H,14,15)/b8-6+,9-7+. The molecule has 0 saturated heterocycles. The van der Waals surface area contributed by atoms with Crippen LogP contribution in [0.25, 0.3) is 0 Å². The Morgan fingerprint density at radius 2 is 1.88 bits per heavy atom. The summed E-state index contributed by atoms with van der Waals surface area (Å²) in [7, 11) is 2.73. The van der Waals surface area contributed by atoms with E-state index in [9.17, 15) is 9.90 Å². The fourth-order valence-electron chi connectivity index (χ4n) is 1.40. The largest absolute Gasteiger partial charge is 0.478 e. The molecule has 0 aliphatic rings. The minimum Gasteiger partial charge on any atom is -0.478 e. The van der Waals surface area contributed by atoms with E-state index in [1.54, 1.807) is 6.92 Å². The maximum absolute atomic E-state index is 11.0. The molecule has 0 aromatic rings. The molecule has 0 radical (unpaired) electrons. The number of carboxylic acid groups (broad SMARTS) is 1. The molecule has 0 heterocycles. The van der Waals surface area contributed by atoms with Gasteiger partial charge in [-0.1, -0.05) is 18.7 Å².